The van der Waals surface area contributed by atoms with E-state index >= 15 is 0 Å². The molecule has 2 aromatic rings. The maximum Gasteiger partial charge on any atom is 0.234 e. The van der Waals surface area contributed by atoms with Gasteiger partial charge in [0.15, 0.2) is 11.5 Å². The van der Waals surface area contributed by atoms with E-state index in [-0.39, 0.29) is 16.7 Å². The van der Waals surface area contributed by atoms with Gasteiger partial charge in [-0.3, -0.25) is 4.79 Å². The summed E-state index contributed by atoms with van der Waals surface area (Å²) in [5.74, 6) is 1.42. The van der Waals surface area contributed by atoms with Crippen molar-refractivity contribution in [1.29, 1.82) is 0 Å². The van der Waals surface area contributed by atoms with E-state index in [9.17, 15) is 9.90 Å². The van der Waals surface area contributed by atoms with Crippen LogP contribution in [0.5, 0.6) is 11.5 Å². The molecule has 2 saturated carbocycles. The van der Waals surface area contributed by atoms with Crippen molar-refractivity contribution in [2.24, 2.45) is 10.8 Å². The van der Waals surface area contributed by atoms with Crippen molar-refractivity contribution in [1.82, 2.24) is 10.6 Å². The molecule has 3 bridgehead atoms. The summed E-state index contributed by atoms with van der Waals surface area (Å²) in [7, 11) is 1.67. The third kappa shape index (κ3) is 2.15. The van der Waals surface area contributed by atoms with Crippen LogP contribution in [-0.4, -0.2) is 42.4 Å². The number of hydrogen-bond acceptors (Lipinski definition) is 5. The summed E-state index contributed by atoms with van der Waals surface area (Å²) in [5, 5.41) is 19.3. The summed E-state index contributed by atoms with van der Waals surface area (Å²) >= 11 is 0. The topological polar surface area (TPSA) is 79.8 Å². The Kier molecular flexibility index (Phi) is 3.66. The number of fused-ring (bicyclic) bond motifs is 1. The number of hydrogen-bond donors (Lipinski definition) is 3. The minimum atomic E-state index is -1.30. The molecule has 0 aromatic heterocycles. The molecule has 35 heavy (non-hydrogen) atoms. The van der Waals surface area contributed by atoms with Crippen LogP contribution in [0.15, 0.2) is 54.1 Å². The van der Waals surface area contributed by atoms with Crippen molar-refractivity contribution in [2.75, 3.05) is 13.7 Å². The van der Waals surface area contributed by atoms with E-state index in [0.29, 0.717) is 19.0 Å². The molecule has 1 saturated heterocycles. The second-order valence-corrected chi connectivity index (χ2v) is 11.6. The summed E-state index contributed by atoms with van der Waals surface area (Å²) in [5.41, 5.74) is 2.02. The van der Waals surface area contributed by atoms with E-state index < -0.39 is 17.1 Å². The van der Waals surface area contributed by atoms with Gasteiger partial charge in [0.2, 0.25) is 5.91 Å². The maximum absolute atomic E-state index is 14.0. The smallest absolute Gasteiger partial charge is 0.234 e. The Morgan fingerprint density at radius 3 is 2.89 bits per heavy atom. The number of allylic oxidation sites excluding steroid dienone is 1. The Balaban J connectivity index is 1.27. The number of rotatable bonds is 4. The normalized spacial score (nSPS) is 40.6. The highest BCUT2D eigenvalue weighted by Gasteiger charge is 2.86. The van der Waals surface area contributed by atoms with Crippen LogP contribution in [0, 0.1) is 10.8 Å². The first-order chi connectivity index (χ1) is 17.0. The van der Waals surface area contributed by atoms with E-state index in [4.69, 9.17) is 9.47 Å². The molecule has 2 heterocycles. The van der Waals surface area contributed by atoms with E-state index in [1.807, 2.05) is 36.4 Å². The molecule has 2 spiro atoms. The Hall–Kier alpha value is -2.83. The zero-order chi connectivity index (χ0) is 23.6. The molecule has 1 amide bonds. The van der Waals surface area contributed by atoms with E-state index in [0.717, 1.165) is 54.9 Å². The number of aliphatic hydroxyl groups is 1. The van der Waals surface area contributed by atoms with Crippen LogP contribution in [0.4, 0.5) is 0 Å². The summed E-state index contributed by atoms with van der Waals surface area (Å²) < 4.78 is 12.5. The highest BCUT2D eigenvalue weighted by Crippen LogP contribution is 2.77. The molecule has 8 rings (SSSR count). The second kappa shape index (κ2) is 6.29. The highest BCUT2D eigenvalue weighted by atomic mass is 16.5. The lowest BCUT2D eigenvalue weighted by atomic mass is 9.51. The fourth-order valence-corrected chi connectivity index (χ4v) is 8.76. The SMILES string of the molecule is COc1ccc2c3c1O[C@@H]1C34CC=C3[C@@](C(=O)NCc5ccccc5)(CC[C@@H]5NCC5(C2)C4)[C@]31O. The zero-order valence-corrected chi connectivity index (χ0v) is 19.9. The highest BCUT2D eigenvalue weighted by molar-refractivity contribution is 5.96. The first kappa shape index (κ1) is 20.4. The quantitative estimate of drug-likeness (QED) is 0.599. The molecule has 2 aliphatic heterocycles. The Bertz CT molecular complexity index is 1320. The second-order valence-electron chi connectivity index (χ2n) is 11.6. The number of methoxy groups -OCH3 is 1. The monoisotopic (exact) mass is 470 g/mol. The van der Waals surface area contributed by atoms with Crippen LogP contribution < -0.4 is 20.1 Å². The van der Waals surface area contributed by atoms with Gasteiger partial charge in [-0.2, -0.15) is 0 Å². The molecule has 6 atom stereocenters. The number of carbonyl (C=O) groups is 1. The van der Waals surface area contributed by atoms with Gasteiger partial charge in [0.1, 0.15) is 17.1 Å². The van der Waals surface area contributed by atoms with Gasteiger partial charge >= 0.3 is 0 Å². The van der Waals surface area contributed by atoms with Crippen molar-refractivity contribution < 1.29 is 19.4 Å². The van der Waals surface area contributed by atoms with Gasteiger partial charge in [-0.15, -0.1) is 0 Å². The van der Waals surface area contributed by atoms with Crippen molar-refractivity contribution in [3.63, 3.8) is 0 Å². The Morgan fingerprint density at radius 1 is 1.26 bits per heavy atom. The third-order valence-electron chi connectivity index (χ3n) is 10.3. The predicted octanol–water partition coefficient (Wildman–Crippen LogP) is 2.77. The van der Waals surface area contributed by atoms with Crippen LogP contribution in [0.3, 0.4) is 0 Å². The summed E-state index contributed by atoms with van der Waals surface area (Å²) in [6.07, 6.45) is 6.00. The van der Waals surface area contributed by atoms with Crippen molar-refractivity contribution in [3.8, 4) is 11.5 Å². The van der Waals surface area contributed by atoms with E-state index in [1.165, 1.54) is 11.1 Å². The van der Waals surface area contributed by atoms with Gasteiger partial charge in [0, 0.05) is 35.5 Å². The molecule has 2 aromatic carbocycles. The lowest BCUT2D eigenvalue weighted by molar-refractivity contribution is -0.133. The average Bonchev–Trinajstić information content (AvgIpc) is 3.21. The molecule has 4 aliphatic carbocycles. The van der Waals surface area contributed by atoms with Gasteiger partial charge in [0.25, 0.3) is 0 Å². The van der Waals surface area contributed by atoms with Crippen LogP contribution in [0.1, 0.15) is 42.4 Å². The van der Waals surface area contributed by atoms with Crippen LogP contribution >= 0.6 is 0 Å². The summed E-state index contributed by atoms with van der Waals surface area (Å²) in [6.45, 7) is 1.43. The summed E-state index contributed by atoms with van der Waals surface area (Å²) in [6, 6.07) is 14.5. The standard InChI is InChI=1S/C29H30N2O4/c1-34-19-8-7-18-13-26-15-27-11-9-20-28(12-10-21(26)31-16-26,25(32)30-14-17-5-3-2-4-6-17)29(20,33)24(27)35-23(19)22(18)27/h2-9,21,24,31,33H,10-16H2,1H3,(H,30,32)/t21-,24+,26?,27?,28+,29-/m0/s1. The molecule has 2 unspecified atom stereocenters. The Labute approximate surface area is 204 Å². The van der Waals surface area contributed by atoms with Gasteiger partial charge in [-0.25, -0.2) is 0 Å². The minimum Gasteiger partial charge on any atom is -0.493 e. The summed E-state index contributed by atoms with van der Waals surface area (Å²) in [4.78, 5) is 14.0. The molecule has 3 fully saturated rings. The fourth-order valence-electron chi connectivity index (χ4n) is 8.76. The third-order valence-corrected chi connectivity index (χ3v) is 10.3. The van der Waals surface area contributed by atoms with Crippen LogP contribution in [-0.2, 0) is 23.2 Å². The number of carbonyl (C=O) groups excluding carboxylic acids is 1. The molecule has 6 heteroatoms. The molecular weight excluding hydrogens is 440 g/mol. The van der Waals surface area contributed by atoms with Crippen LogP contribution in [0.2, 0.25) is 0 Å². The molecule has 0 radical (unpaired) electrons. The van der Waals surface area contributed by atoms with Crippen LogP contribution in [0.25, 0.3) is 0 Å². The molecule has 6 nitrogen and oxygen atoms in total. The number of benzene rings is 2. The Morgan fingerprint density at radius 2 is 2.11 bits per heavy atom. The fraction of sp³-hybridized carbons (Fsp3) is 0.483. The van der Waals surface area contributed by atoms with Crippen molar-refractivity contribution in [2.45, 2.75) is 61.8 Å². The number of amides is 1. The first-order valence-corrected chi connectivity index (χ1v) is 12.8. The van der Waals surface area contributed by atoms with E-state index in [2.05, 4.69) is 22.8 Å². The lowest BCUT2D eigenvalue weighted by Gasteiger charge is -2.58. The molecule has 180 valence electrons. The first-order valence-electron chi connectivity index (χ1n) is 12.8. The van der Waals surface area contributed by atoms with Gasteiger partial charge in [-0.1, -0.05) is 42.5 Å². The predicted molar refractivity (Wildman–Crippen MR) is 129 cm³/mol. The number of nitrogens with one attached hydrogen (secondary N) is 2. The lowest BCUT2D eigenvalue weighted by Crippen LogP contribution is -2.68. The van der Waals surface area contributed by atoms with E-state index in [1.54, 1.807) is 7.11 Å². The molecule has 3 N–H and O–H groups in total. The minimum absolute atomic E-state index is 0.0799. The molecule has 6 aliphatic rings. The van der Waals surface area contributed by atoms with Crippen molar-refractivity contribution in [3.05, 3.63) is 70.8 Å². The van der Waals surface area contributed by atoms with Gasteiger partial charge in [-0.05, 0) is 54.9 Å². The van der Waals surface area contributed by atoms with Gasteiger partial charge in [0.05, 0.1) is 7.11 Å². The zero-order valence-electron chi connectivity index (χ0n) is 19.9. The largest absolute Gasteiger partial charge is 0.493 e. The number of ether oxygens (including phenoxy) is 2. The van der Waals surface area contributed by atoms with Gasteiger partial charge < -0.3 is 25.2 Å². The maximum atomic E-state index is 14.0. The molecular formula is C29H30N2O4. The van der Waals surface area contributed by atoms with Crippen molar-refractivity contribution >= 4 is 5.91 Å². The average molecular weight is 471 g/mol.